The number of hydrogen-bond donors (Lipinski definition) is 1. The molecule has 126 valence electrons. The number of fused-ring (bicyclic) bond motifs is 1. The third-order valence-electron chi connectivity index (χ3n) is 3.49. The number of aliphatic hydroxyl groups excluding tert-OH is 1. The topological polar surface area (TPSA) is 47.3 Å². The molecule has 1 unspecified atom stereocenters. The lowest BCUT2D eigenvalue weighted by Crippen LogP contribution is -2.15. The highest BCUT2D eigenvalue weighted by atomic mass is 35.5. The predicted octanol–water partition coefficient (Wildman–Crippen LogP) is 4.96. The maximum Gasteiger partial charge on any atom is 0.148 e. The normalized spacial score (nSPS) is 12.5. The van der Waals surface area contributed by atoms with Gasteiger partial charge in [0.05, 0.1) is 28.7 Å². The molecule has 0 bridgehead atoms. The summed E-state index contributed by atoms with van der Waals surface area (Å²) in [5, 5.41) is 11.4. The van der Waals surface area contributed by atoms with Crippen LogP contribution in [0.4, 0.5) is 0 Å². The van der Waals surface area contributed by atoms with Crippen molar-refractivity contribution in [2.45, 2.75) is 26.2 Å². The average Bonchev–Trinajstić information content (AvgIpc) is 2.82. The van der Waals surface area contributed by atoms with E-state index in [9.17, 15) is 5.11 Å². The monoisotopic (exact) mass is 384 g/mol. The van der Waals surface area contributed by atoms with Crippen molar-refractivity contribution in [2.75, 3.05) is 0 Å². The van der Waals surface area contributed by atoms with E-state index >= 15 is 0 Å². The van der Waals surface area contributed by atoms with E-state index in [1.54, 1.807) is 37.3 Å². The molecule has 1 aromatic heterocycles. The second kappa shape index (κ2) is 7.19. The Bertz CT molecular complexity index is 878. The van der Waals surface area contributed by atoms with E-state index in [1.165, 1.54) is 0 Å². The van der Waals surface area contributed by atoms with E-state index in [4.69, 9.17) is 39.5 Å². The molecule has 1 N–H and O–H groups in total. The Labute approximate surface area is 154 Å². The number of imidazole rings is 1. The zero-order valence-corrected chi connectivity index (χ0v) is 15.1. The molecule has 1 heterocycles. The smallest absolute Gasteiger partial charge is 0.148 e. The third-order valence-corrected chi connectivity index (χ3v) is 4.25. The van der Waals surface area contributed by atoms with Gasteiger partial charge >= 0.3 is 0 Å². The molecule has 0 fully saturated rings. The average molecular weight is 386 g/mol. The van der Waals surface area contributed by atoms with Crippen LogP contribution in [0, 0.1) is 0 Å². The highest BCUT2D eigenvalue weighted by Gasteiger charge is 2.14. The minimum Gasteiger partial charge on any atom is -0.484 e. The molecule has 2 aromatic carbocycles. The Balaban J connectivity index is 1.92. The first-order valence-corrected chi connectivity index (χ1v) is 8.48. The van der Waals surface area contributed by atoms with Crippen LogP contribution in [0.3, 0.4) is 0 Å². The number of hydrogen-bond acceptors (Lipinski definition) is 3. The minimum absolute atomic E-state index is 0.209. The van der Waals surface area contributed by atoms with Crippen LogP contribution in [0.5, 0.6) is 5.75 Å². The van der Waals surface area contributed by atoms with E-state index in [0.717, 1.165) is 11.0 Å². The van der Waals surface area contributed by atoms with Crippen LogP contribution < -0.4 is 4.74 Å². The molecule has 7 heteroatoms. The van der Waals surface area contributed by atoms with Crippen molar-refractivity contribution in [1.29, 1.82) is 0 Å². The summed E-state index contributed by atoms with van der Waals surface area (Å²) < 4.78 is 7.69. The van der Waals surface area contributed by atoms with Crippen molar-refractivity contribution in [3.05, 3.63) is 57.3 Å². The summed E-state index contributed by atoms with van der Waals surface area (Å²) in [5.74, 6) is 1.20. The zero-order chi connectivity index (χ0) is 17.3. The van der Waals surface area contributed by atoms with Gasteiger partial charge in [-0.1, -0.05) is 34.8 Å². The highest BCUT2D eigenvalue weighted by Crippen LogP contribution is 2.29. The van der Waals surface area contributed by atoms with Crippen molar-refractivity contribution in [2.24, 2.45) is 0 Å². The van der Waals surface area contributed by atoms with E-state index in [1.807, 2.05) is 10.6 Å². The first-order chi connectivity index (χ1) is 11.4. The van der Waals surface area contributed by atoms with Crippen LogP contribution in [-0.4, -0.2) is 20.8 Å². The molecule has 4 nitrogen and oxygen atoms in total. The van der Waals surface area contributed by atoms with Gasteiger partial charge in [0.25, 0.3) is 0 Å². The van der Waals surface area contributed by atoms with Gasteiger partial charge < -0.3 is 14.4 Å². The number of ether oxygens (including phenoxy) is 1. The highest BCUT2D eigenvalue weighted by molar-refractivity contribution is 6.35. The van der Waals surface area contributed by atoms with Gasteiger partial charge in [-0.25, -0.2) is 4.98 Å². The molecule has 24 heavy (non-hydrogen) atoms. The Hall–Kier alpha value is -1.46. The molecule has 0 aliphatic heterocycles. The summed E-state index contributed by atoms with van der Waals surface area (Å²) in [7, 11) is 0. The van der Waals surface area contributed by atoms with Crippen LogP contribution in [0.15, 0.2) is 36.4 Å². The fourth-order valence-electron chi connectivity index (χ4n) is 2.47. The van der Waals surface area contributed by atoms with Crippen molar-refractivity contribution < 1.29 is 9.84 Å². The summed E-state index contributed by atoms with van der Waals surface area (Å²) in [5.41, 5.74) is 1.64. The molecule has 1 atom stereocenters. The molecule has 0 saturated heterocycles. The van der Waals surface area contributed by atoms with Crippen molar-refractivity contribution in [1.82, 2.24) is 9.55 Å². The fourth-order valence-corrected chi connectivity index (χ4v) is 3.09. The molecule has 0 spiro atoms. The minimum atomic E-state index is -0.518. The Morgan fingerprint density at radius 1 is 1.12 bits per heavy atom. The van der Waals surface area contributed by atoms with Gasteiger partial charge in [-0.2, -0.15) is 0 Å². The lowest BCUT2D eigenvalue weighted by Gasteiger charge is -2.12. The largest absolute Gasteiger partial charge is 0.484 e. The summed E-state index contributed by atoms with van der Waals surface area (Å²) in [4.78, 5) is 4.56. The number of aromatic nitrogens is 2. The molecular weight excluding hydrogens is 371 g/mol. The molecule has 0 amide bonds. The Morgan fingerprint density at radius 3 is 2.54 bits per heavy atom. The van der Waals surface area contributed by atoms with Gasteiger partial charge in [-0.3, -0.25) is 0 Å². The number of rotatable bonds is 5. The quantitative estimate of drug-likeness (QED) is 0.675. The van der Waals surface area contributed by atoms with Crippen molar-refractivity contribution in [3.8, 4) is 5.75 Å². The van der Waals surface area contributed by atoms with E-state index < -0.39 is 6.10 Å². The third kappa shape index (κ3) is 3.78. The molecule has 0 aliphatic carbocycles. The molecule has 0 aliphatic rings. The standard InChI is InChI=1S/C17H15Cl3N2O2/c1-10(23)8-22-15-4-2-12(19)7-14(15)21-17(22)9-24-16-5-3-11(18)6-13(16)20/h2-7,10,23H,8-9H2,1H3. The van der Waals surface area contributed by atoms with Gasteiger partial charge in [-0.05, 0) is 43.3 Å². The van der Waals surface area contributed by atoms with Gasteiger partial charge in [0.15, 0.2) is 0 Å². The van der Waals surface area contributed by atoms with Gasteiger partial charge in [0.1, 0.15) is 18.2 Å². The number of aliphatic hydroxyl groups is 1. The van der Waals surface area contributed by atoms with Crippen LogP contribution in [0.25, 0.3) is 11.0 Å². The van der Waals surface area contributed by atoms with Gasteiger partial charge in [-0.15, -0.1) is 0 Å². The second-order valence-corrected chi connectivity index (χ2v) is 6.76. The Morgan fingerprint density at radius 2 is 1.83 bits per heavy atom. The van der Waals surface area contributed by atoms with E-state index in [0.29, 0.717) is 33.2 Å². The van der Waals surface area contributed by atoms with Crippen LogP contribution in [-0.2, 0) is 13.2 Å². The SMILES string of the molecule is CC(O)Cn1c(COc2ccc(Cl)cc2Cl)nc2cc(Cl)ccc21. The van der Waals surface area contributed by atoms with Gasteiger partial charge in [0, 0.05) is 10.0 Å². The lowest BCUT2D eigenvalue weighted by atomic mass is 10.3. The molecule has 0 radical (unpaired) electrons. The summed E-state index contributed by atoms with van der Waals surface area (Å²) in [6.07, 6.45) is -0.518. The van der Waals surface area contributed by atoms with Crippen LogP contribution in [0.2, 0.25) is 15.1 Å². The first-order valence-electron chi connectivity index (χ1n) is 7.34. The number of nitrogens with zero attached hydrogens (tertiary/aromatic N) is 2. The lowest BCUT2D eigenvalue weighted by molar-refractivity contribution is 0.171. The predicted molar refractivity (Wildman–Crippen MR) is 97.2 cm³/mol. The van der Waals surface area contributed by atoms with E-state index in [-0.39, 0.29) is 6.61 Å². The maximum atomic E-state index is 9.77. The van der Waals surface area contributed by atoms with Crippen LogP contribution in [0.1, 0.15) is 12.7 Å². The Kier molecular flexibility index (Phi) is 5.21. The summed E-state index contributed by atoms with van der Waals surface area (Å²) in [6.45, 7) is 2.34. The number of halogens is 3. The number of benzene rings is 2. The van der Waals surface area contributed by atoms with Gasteiger partial charge in [0.2, 0.25) is 0 Å². The second-order valence-electron chi connectivity index (χ2n) is 5.48. The maximum absolute atomic E-state index is 9.77. The molecule has 0 saturated carbocycles. The molecular formula is C17H15Cl3N2O2. The van der Waals surface area contributed by atoms with Crippen LogP contribution >= 0.6 is 34.8 Å². The molecule has 3 rings (SSSR count). The summed E-state index contributed by atoms with van der Waals surface area (Å²) >= 11 is 18.0. The van der Waals surface area contributed by atoms with Crippen molar-refractivity contribution in [3.63, 3.8) is 0 Å². The summed E-state index contributed by atoms with van der Waals surface area (Å²) in [6, 6.07) is 10.5. The van der Waals surface area contributed by atoms with E-state index in [2.05, 4.69) is 4.98 Å². The molecule has 3 aromatic rings. The zero-order valence-electron chi connectivity index (χ0n) is 12.8. The first kappa shape index (κ1) is 17.4. The van der Waals surface area contributed by atoms with Crippen molar-refractivity contribution >= 4 is 45.8 Å². The fraction of sp³-hybridized carbons (Fsp3) is 0.235.